The lowest BCUT2D eigenvalue weighted by atomic mass is 9.98. The van der Waals surface area contributed by atoms with Gasteiger partial charge in [-0.1, -0.05) is 31.9 Å². The molecule has 1 heterocycles. The maximum absolute atomic E-state index is 11.8. The quantitative estimate of drug-likeness (QED) is 0.599. The number of unbranched alkanes of at least 4 members (excludes halogenated alkanes) is 2. The number of cyclic esters (lactones) is 1. The van der Waals surface area contributed by atoms with Crippen molar-refractivity contribution in [2.24, 2.45) is 0 Å². The molecule has 0 aromatic heterocycles. The summed E-state index contributed by atoms with van der Waals surface area (Å²) in [5.74, 6) is -0.242. The van der Waals surface area contributed by atoms with E-state index in [2.05, 4.69) is 6.92 Å². The van der Waals surface area contributed by atoms with Gasteiger partial charge in [-0.3, -0.25) is 0 Å². The third-order valence-corrected chi connectivity index (χ3v) is 4.75. The van der Waals surface area contributed by atoms with Crippen molar-refractivity contribution in [3.63, 3.8) is 0 Å². The van der Waals surface area contributed by atoms with E-state index >= 15 is 0 Å². The number of sulfone groups is 1. The highest BCUT2D eigenvalue weighted by Crippen LogP contribution is 2.29. The summed E-state index contributed by atoms with van der Waals surface area (Å²) in [4.78, 5) is 12.1. The molecule has 2 rings (SSSR count). The summed E-state index contributed by atoms with van der Waals surface area (Å²) in [5.41, 5.74) is 2.48. The summed E-state index contributed by atoms with van der Waals surface area (Å²) < 4.78 is 28.1. The Morgan fingerprint density at radius 1 is 1.14 bits per heavy atom. The number of hydrogen-bond acceptors (Lipinski definition) is 4. The Morgan fingerprint density at radius 3 is 2.38 bits per heavy atom. The molecule has 0 bridgehead atoms. The molecule has 114 valence electrons. The lowest BCUT2D eigenvalue weighted by Gasteiger charge is -2.05. The van der Waals surface area contributed by atoms with Crippen molar-refractivity contribution in [2.45, 2.75) is 37.5 Å². The Morgan fingerprint density at radius 2 is 1.81 bits per heavy atom. The maximum atomic E-state index is 11.8. The van der Waals surface area contributed by atoms with Gasteiger partial charge in [-0.2, -0.15) is 0 Å². The molecule has 0 N–H and O–H groups in total. The van der Waals surface area contributed by atoms with E-state index in [9.17, 15) is 13.2 Å². The predicted octanol–water partition coefficient (Wildman–Crippen LogP) is 2.98. The number of rotatable bonds is 6. The Balaban J connectivity index is 2.27. The van der Waals surface area contributed by atoms with Crippen LogP contribution >= 0.6 is 0 Å². The van der Waals surface area contributed by atoms with E-state index in [0.717, 1.165) is 42.4 Å². The van der Waals surface area contributed by atoms with Gasteiger partial charge in [0.1, 0.15) is 6.61 Å². The Labute approximate surface area is 125 Å². The van der Waals surface area contributed by atoms with Crippen molar-refractivity contribution in [1.29, 1.82) is 0 Å². The standard InChI is InChI=1S/C16H20O4S/c1-3-4-5-6-14-15(11-20-16(14)17)12-7-9-13(10-8-12)21(2,18)19/h7-10H,3-6,11H2,1-2H3. The monoisotopic (exact) mass is 308 g/mol. The van der Waals surface area contributed by atoms with E-state index in [1.807, 2.05) is 0 Å². The van der Waals surface area contributed by atoms with E-state index in [4.69, 9.17) is 4.74 Å². The van der Waals surface area contributed by atoms with E-state index in [1.54, 1.807) is 24.3 Å². The zero-order chi connectivity index (χ0) is 15.5. The second-order valence-electron chi connectivity index (χ2n) is 5.29. The van der Waals surface area contributed by atoms with Crippen molar-refractivity contribution in [3.05, 3.63) is 35.4 Å². The van der Waals surface area contributed by atoms with Crippen LogP contribution in [0.5, 0.6) is 0 Å². The van der Waals surface area contributed by atoms with Crippen LogP contribution in [0.2, 0.25) is 0 Å². The first-order chi connectivity index (χ1) is 9.93. The molecule has 0 radical (unpaired) electrons. The van der Waals surface area contributed by atoms with Gasteiger partial charge in [0.05, 0.1) is 4.90 Å². The first kappa shape index (κ1) is 15.8. The number of ether oxygens (including phenoxy) is 1. The first-order valence-corrected chi connectivity index (χ1v) is 9.02. The molecule has 4 nitrogen and oxygen atoms in total. The highest BCUT2D eigenvalue weighted by atomic mass is 32.2. The fraction of sp³-hybridized carbons (Fsp3) is 0.438. The molecule has 21 heavy (non-hydrogen) atoms. The van der Waals surface area contributed by atoms with Crippen LogP contribution in [0.15, 0.2) is 34.7 Å². The van der Waals surface area contributed by atoms with Crippen LogP contribution < -0.4 is 0 Å². The fourth-order valence-corrected chi connectivity index (χ4v) is 3.03. The van der Waals surface area contributed by atoms with Gasteiger partial charge in [0.25, 0.3) is 0 Å². The normalized spacial score (nSPS) is 15.4. The molecule has 0 saturated carbocycles. The minimum Gasteiger partial charge on any atom is -0.457 e. The Bertz CT molecular complexity index is 654. The number of carbonyl (C=O) groups excluding carboxylic acids is 1. The largest absolute Gasteiger partial charge is 0.457 e. The molecule has 0 atom stereocenters. The van der Waals surface area contributed by atoms with Crippen molar-refractivity contribution in [1.82, 2.24) is 0 Å². The average Bonchev–Trinajstić information content (AvgIpc) is 2.80. The van der Waals surface area contributed by atoms with Crippen LogP contribution in [-0.4, -0.2) is 27.2 Å². The second-order valence-corrected chi connectivity index (χ2v) is 7.30. The number of carbonyl (C=O) groups is 1. The SMILES string of the molecule is CCCCCC1=C(c2ccc(S(C)(=O)=O)cc2)COC1=O. The van der Waals surface area contributed by atoms with Crippen molar-refractivity contribution in [3.8, 4) is 0 Å². The number of esters is 1. The van der Waals surface area contributed by atoms with E-state index < -0.39 is 9.84 Å². The van der Waals surface area contributed by atoms with Gasteiger partial charge >= 0.3 is 5.97 Å². The minimum atomic E-state index is -3.20. The lowest BCUT2D eigenvalue weighted by molar-refractivity contribution is -0.136. The van der Waals surface area contributed by atoms with Crippen LogP contribution in [0.3, 0.4) is 0 Å². The van der Waals surface area contributed by atoms with Gasteiger partial charge in [0.2, 0.25) is 0 Å². The van der Waals surface area contributed by atoms with Crippen LogP contribution in [-0.2, 0) is 19.4 Å². The third kappa shape index (κ3) is 3.73. The van der Waals surface area contributed by atoms with E-state index in [0.29, 0.717) is 0 Å². The van der Waals surface area contributed by atoms with Crippen molar-refractivity contribution < 1.29 is 17.9 Å². The second kappa shape index (κ2) is 6.43. The summed E-state index contributed by atoms with van der Waals surface area (Å²) in [6.45, 7) is 2.39. The summed E-state index contributed by atoms with van der Waals surface area (Å²) in [7, 11) is -3.20. The Hall–Kier alpha value is -1.62. The molecule has 1 aromatic carbocycles. The summed E-state index contributed by atoms with van der Waals surface area (Å²) in [6, 6.07) is 6.63. The van der Waals surface area contributed by atoms with Gasteiger partial charge in [-0.25, -0.2) is 13.2 Å². The zero-order valence-corrected chi connectivity index (χ0v) is 13.2. The van der Waals surface area contributed by atoms with Gasteiger partial charge in [0, 0.05) is 17.4 Å². The molecule has 5 heteroatoms. The van der Waals surface area contributed by atoms with E-state index in [-0.39, 0.29) is 17.5 Å². The van der Waals surface area contributed by atoms with Gasteiger partial charge in [-0.05, 0) is 30.5 Å². The van der Waals surface area contributed by atoms with Gasteiger partial charge in [-0.15, -0.1) is 0 Å². The van der Waals surface area contributed by atoms with Crippen LogP contribution in [0.1, 0.15) is 38.2 Å². The van der Waals surface area contributed by atoms with Crippen molar-refractivity contribution >= 4 is 21.4 Å². The molecule has 1 aliphatic rings. The van der Waals surface area contributed by atoms with Crippen LogP contribution in [0.4, 0.5) is 0 Å². The molecule has 0 fully saturated rings. The zero-order valence-electron chi connectivity index (χ0n) is 12.4. The highest BCUT2D eigenvalue weighted by molar-refractivity contribution is 7.90. The summed E-state index contributed by atoms with van der Waals surface area (Å²) >= 11 is 0. The summed E-state index contributed by atoms with van der Waals surface area (Å²) in [6.07, 6.45) is 5.04. The number of benzene rings is 1. The fourth-order valence-electron chi connectivity index (χ4n) is 2.40. The molecular weight excluding hydrogens is 288 g/mol. The van der Waals surface area contributed by atoms with Gasteiger partial charge < -0.3 is 4.74 Å². The predicted molar refractivity (Wildman–Crippen MR) is 81.6 cm³/mol. The molecule has 1 aliphatic heterocycles. The van der Waals surface area contributed by atoms with Gasteiger partial charge in [0.15, 0.2) is 9.84 Å². The minimum absolute atomic E-state index is 0.242. The first-order valence-electron chi connectivity index (χ1n) is 7.13. The molecule has 0 spiro atoms. The summed E-state index contributed by atoms with van der Waals surface area (Å²) in [5, 5.41) is 0. The number of hydrogen-bond donors (Lipinski definition) is 0. The Kier molecular flexibility index (Phi) is 4.83. The molecular formula is C16H20O4S. The van der Waals surface area contributed by atoms with Crippen molar-refractivity contribution in [2.75, 3.05) is 12.9 Å². The van der Waals surface area contributed by atoms with E-state index in [1.165, 1.54) is 6.26 Å². The molecule has 0 amide bonds. The maximum Gasteiger partial charge on any atom is 0.334 e. The molecule has 0 unspecified atom stereocenters. The van der Waals surface area contributed by atoms with Crippen LogP contribution in [0, 0.1) is 0 Å². The smallest absolute Gasteiger partial charge is 0.334 e. The molecule has 0 saturated heterocycles. The molecule has 1 aromatic rings. The molecule has 0 aliphatic carbocycles. The average molecular weight is 308 g/mol. The van der Waals surface area contributed by atoms with Crippen LogP contribution in [0.25, 0.3) is 5.57 Å². The topological polar surface area (TPSA) is 60.4 Å². The third-order valence-electron chi connectivity index (χ3n) is 3.62. The lowest BCUT2D eigenvalue weighted by Crippen LogP contribution is -1.99. The highest BCUT2D eigenvalue weighted by Gasteiger charge is 2.25.